The van der Waals surface area contributed by atoms with Crippen molar-refractivity contribution in [1.29, 1.82) is 0 Å². The van der Waals surface area contributed by atoms with Crippen LogP contribution in [0.2, 0.25) is 5.02 Å². The van der Waals surface area contributed by atoms with Crippen LogP contribution in [0.25, 0.3) is 0 Å². The first-order valence-electron chi connectivity index (χ1n) is 7.88. The number of hydrogen-bond acceptors (Lipinski definition) is 4. The summed E-state index contributed by atoms with van der Waals surface area (Å²) < 4.78 is 27.3. The molecule has 0 heterocycles. The van der Waals surface area contributed by atoms with Crippen LogP contribution in [0.15, 0.2) is 23.2 Å². The molecule has 2 N–H and O–H groups in total. The lowest BCUT2D eigenvalue weighted by Crippen LogP contribution is -2.38. The standard InChI is InChI=1S/C16H26ClN3O3S.HI/c1-4-18-16(19-9-5-11-24(3,21)22)20-10-8-13-6-7-14(23-2)12-15(13)17;/h6-7,12H,4-5,8-11H2,1-3H3,(H2,18,19,20);1H. The zero-order valence-electron chi connectivity index (χ0n) is 14.8. The Morgan fingerprint density at radius 3 is 2.60 bits per heavy atom. The second-order valence-corrected chi connectivity index (χ2v) is 8.05. The van der Waals surface area contributed by atoms with Crippen molar-refractivity contribution < 1.29 is 13.2 Å². The molecule has 0 saturated heterocycles. The third-order valence-corrected chi connectivity index (χ3v) is 4.62. The fourth-order valence-corrected chi connectivity index (χ4v) is 2.95. The van der Waals surface area contributed by atoms with E-state index in [2.05, 4.69) is 15.6 Å². The van der Waals surface area contributed by atoms with E-state index in [1.54, 1.807) is 13.2 Å². The lowest BCUT2D eigenvalue weighted by molar-refractivity contribution is 0.414. The van der Waals surface area contributed by atoms with Crippen molar-refractivity contribution in [2.45, 2.75) is 19.8 Å². The molecule has 1 aromatic carbocycles. The Balaban J connectivity index is 0.00000576. The van der Waals surface area contributed by atoms with Gasteiger partial charge in [0.2, 0.25) is 0 Å². The van der Waals surface area contributed by atoms with Crippen molar-refractivity contribution >= 4 is 51.4 Å². The first kappa shape index (κ1) is 24.3. The summed E-state index contributed by atoms with van der Waals surface area (Å²) in [5.41, 5.74) is 1.03. The number of aliphatic imine (C=N–C) groups is 1. The number of guanidine groups is 1. The largest absolute Gasteiger partial charge is 0.497 e. The van der Waals surface area contributed by atoms with Crippen LogP contribution in [0.4, 0.5) is 0 Å². The number of halogens is 2. The lowest BCUT2D eigenvalue weighted by Gasteiger charge is -2.12. The molecule has 0 aromatic heterocycles. The van der Waals surface area contributed by atoms with Gasteiger partial charge in [0, 0.05) is 30.9 Å². The molecule has 0 aliphatic heterocycles. The summed E-state index contributed by atoms with van der Waals surface area (Å²) in [6.45, 7) is 3.85. The number of rotatable bonds is 9. The predicted molar refractivity (Wildman–Crippen MR) is 115 cm³/mol. The second kappa shape index (κ2) is 12.6. The van der Waals surface area contributed by atoms with Gasteiger partial charge in [-0.1, -0.05) is 17.7 Å². The van der Waals surface area contributed by atoms with Gasteiger partial charge in [-0.25, -0.2) is 8.42 Å². The molecule has 0 radical (unpaired) electrons. The lowest BCUT2D eigenvalue weighted by atomic mass is 10.1. The van der Waals surface area contributed by atoms with E-state index in [0.29, 0.717) is 30.5 Å². The normalized spacial score (nSPS) is 11.6. The minimum atomic E-state index is -2.93. The number of nitrogens with one attached hydrogen (secondary N) is 2. The molecule has 0 aliphatic carbocycles. The zero-order chi connectivity index (χ0) is 18.0. The molecule has 0 fully saturated rings. The summed E-state index contributed by atoms with van der Waals surface area (Å²) in [6, 6.07) is 5.62. The van der Waals surface area contributed by atoms with Crippen LogP contribution in [0, 0.1) is 0 Å². The van der Waals surface area contributed by atoms with E-state index in [0.717, 1.165) is 24.3 Å². The molecule has 0 aliphatic rings. The molecule has 6 nitrogen and oxygen atoms in total. The van der Waals surface area contributed by atoms with E-state index in [1.807, 2.05) is 19.1 Å². The SMILES string of the molecule is CCNC(=NCCCS(C)(=O)=O)NCCc1ccc(OC)cc1Cl.I. The van der Waals surface area contributed by atoms with Crippen molar-refractivity contribution in [3.8, 4) is 5.75 Å². The molecule has 144 valence electrons. The van der Waals surface area contributed by atoms with Gasteiger partial charge in [0.1, 0.15) is 15.6 Å². The van der Waals surface area contributed by atoms with Gasteiger partial charge in [0.05, 0.1) is 12.9 Å². The maximum Gasteiger partial charge on any atom is 0.191 e. The molecule has 9 heteroatoms. The topological polar surface area (TPSA) is 79.8 Å². The van der Waals surface area contributed by atoms with Crippen LogP contribution >= 0.6 is 35.6 Å². The molecule has 0 bridgehead atoms. The van der Waals surface area contributed by atoms with E-state index >= 15 is 0 Å². The maximum atomic E-state index is 11.1. The maximum absolute atomic E-state index is 11.1. The number of nitrogens with zero attached hydrogens (tertiary/aromatic N) is 1. The fraction of sp³-hybridized carbons (Fsp3) is 0.562. The van der Waals surface area contributed by atoms with Gasteiger partial charge >= 0.3 is 0 Å². The third-order valence-electron chi connectivity index (χ3n) is 3.23. The highest BCUT2D eigenvalue weighted by Gasteiger charge is 2.04. The van der Waals surface area contributed by atoms with Crippen LogP contribution in [0.5, 0.6) is 5.75 Å². The number of benzene rings is 1. The third kappa shape index (κ3) is 10.8. The van der Waals surface area contributed by atoms with Crippen LogP contribution in [-0.2, 0) is 16.3 Å². The van der Waals surface area contributed by atoms with E-state index < -0.39 is 9.84 Å². The summed E-state index contributed by atoms with van der Waals surface area (Å²) in [4.78, 5) is 4.37. The molecule has 0 saturated carbocycles. The number of ether oxygens (including phenoxy) is 1. The molecule has 0 atom stereocenters. The Morgan fingerprint density at radius 1 is 1.32 bits per heavy atom. The smallest absolute Gasteiger partial charge is 0.191 e. The Labute approximate surface area is 172 Å². The molecule has 1 rings (SSSR count). The van der Waals surface area contributed by atoms with Gasteiger partial charge in [0.25, 0.3) is 0 Å². The Kier molecular flexibility index (Phi) is 12.2. The zero-order valence-corrected chi connectivity index (χ0v) is 18.7. The fourth-order valence-electron chi connectivity index (χ4n) is 2.03. The van der Waals surface area contributed by atoms with E-state index in [-0.39, 0.29) is 29.7 Å². The predicted octanol–water partition coefficient (Wildman–Crippen LogP) is 2.50. The molecule has 0 amide bonds. The van der Waals surface area contributed by atoms with Crippen LogP contribution in [0.1, 0.15) is 18.9 Å². The van der Waals surface area contributed by atoms with Gasteiger partial charge in [-0.3, -0.25) is 4.99 Å². The summed E-state index contributed by atoms with van der Waals surface area (Å²) >= 11 is 6.22. The van der Waals surface area contributed by atoms with E-state index in [9.17, 15) is 8.42 Å². The summed E-state index contributed by atoms with van der Waals surface area (Å²) in [6.07, 6.45) is 2.50. The Hall–Kier alpha value is -0.740. The molecular weight excluding hydrogens is 477 g/mol. The first-order valence-corrected chi connectivity index (χ1v) is 10.3. The minimum absolute atomic E-state index is 0. The van der Waals surface area contributed by atoms with Gasteiger partial charge in [0.15, 0.2) is 5.96 Å². The summed E-state index contributed by atoms with van der Waals surface area (Å²) in [7, 11) is -1.33. The van der Waals surface area contributed by atoms with Crippen molar-refractivity contribution in [3.05, 3.63) is 28.8 Å². The highest BCUT2D eigenvalue weighted by Crippen LogP contribution is 2.22. The van der Waals surface area contributed by atoms with E-state index in [1.165, 1.54) is 6.26 Å². The van der Waals surface area contributed by atoms with E-state index in [4.69, 9.17) is 16.3 Å². The Morgan fingerprint density at radius 2 is 2.04 bits per heavy atom. The average molecular weight is 504 g/mol. The minimum Gasteiger partial charge on any atom is -0.497 e. The molecule has 1 aromatic rings. The van der Waals surface area contributed by atoms with Crippen molar-refractivity contribution in [1.82, 2.24) is 10.6 Å². The van der Waals surface area contributed by atoms with Crippen LogP contribution < -0.4 is 15.4 Å². The van der Waals surface area contributed by atoms with Crippen molar-refractivity contribution in [3.63, 3.8) is 0 Å². The van der Waals surface area contributed by atoms with Gasteiger partial charge in [-0.05, 0) is 37.5 Å². The van der Waals surface area contributed by atoms with Gasteiger partial charge in [-0.15, -0.1) is 24.0 Å². The van der Waals surface area contributed by atoms with Gasteiger partial charge in [-0.2, -0.15) is 0 Å². The Bertz CT molecular complexity index is 654. The summed E-state index contributed by atoms with van der Waals surface area (Å²) in [5.74, 6) is 1.56. The highest BCUT2D eigenvalue weighted by atomic mass is 127. The monoisotopic (exact) mass is 503 g/mol. The van der Waals surface area contributed by atoms with Crippen molar-refractivity contribution in [2.75, 3.05) is 38.8 Å². The molecule has 25 heavy (non-hydrogen) atoms. The molecule has 0 spiro atoms. The van der Waals surface area contributed by atoms with Crippen molar-refractivity contribution in [2.24, 2.45) is 4.99 Å². The summed E-state index contributed by atoms with van der Waals surface area (Å²) in [5, 5.41) is 7.03. The number of hydrogen-bond donors (Lipinski definition) is 2. The van der Waals surface area contributed by atoms with Crippen LogP contribution in [0.3, 0.4) is 0 Å². The number of methoxy groups -OCH3 is 1. The quantitative estimate of drug-likeness (QED) is 0.234. The molecular formula is C16H27ClIN3O3S. The van der Waals surface area contributed by atoms with Crippen LogP contribution in [-0.4, -0.2) is 53.1 Å². The number of sulfone groups is 1. The first-order chi connectivity index (χ1) is 11.4. The highest BCUT2D eigenvalue weighted by molar-refractivity contribution is 14.0. The molecule has 0 unspecified atom stereocenters. The van der Waals surface area contributed by atoms with Gasteiger partial charge < -0.3 is 15.4 Å². The second-order valence-electron chi connectivity index (χ2n) is 5.38. The average Bonchev–Trinajstić information content (AvgIpc) is 2.52.